The molecule has 0 amide bonds. The van der Waals surface area contributed by atoms with Gasteiger partial charge in [-0.3, -0.25) is 4.79 Å². The van der Waals surface area contributed by atoms with Crippen LogP contribution in [0.1, 0.15) is 18.4 Å². The van der Waals surface area contributed by atoms with Crippen molar-refractivity contribution < 1.29 is 22.7 Å². The Labute approximate surface area is 97.4 Å². The molecule has 0 spiro atoms. The minimum absolute atomic E-state index is 0.0991. The quantitative estimate of drug-likeness (QED) is 0.746. The van der Waals surface area contributed by atoms with Crippen LogP contribution in [0, 0.1) is 0 Å². The topological polar surface area (TPSA) is 26.3 Å². The zero-order chi connectivity index (χ0) is 12.7. The molecular formula is C12H13F3O2. The molecule has 1 aromatic carbocycles. The molecule has 94 valence electrons. The Hall–Kier alpha value is -1.52. The molecule has 0 saturated heterocycles. The summed E-state index contributed by atoms with van der Waals surface area (Å²) < 4.78 is 39.8. The Morgan fingerprint density at radius 1 is 1.18 bits per heavy atom. The number of benzene rings is 1. The Morgan fingerprint density at radius 3 is 2.41 bits per heavy atom. The van der Waals surface area contributed by atoms with Crippen molar-refractivity contribution in [1.82, 2.24) is 0 Å². The molecule has 1 rings (SSSR count). The first kappa shape index (κ1) is 13.5. The number of rotatable bonds is 5. The second kappa shape index (κ2) is 6.27. The Bertz CT molecular complexity index is 347. The molecular weight excluding hydrogens is 233 g/mol. The average Bonchev–Trinajstić information content (AvgIpc) is 2.26. The van der Waals surface area contributed by atoms with Gasteiger partial charge in [-0.25, -0.2) is 0 Å². The maximum absolute atomic E-state index is 11.8. The van der Waals surface area contributed by atoms with Gasteiger partial charge < -0.3 is 4.74 Å². The van der Waals surface area contributed by atoms with Crippen molar-refractivity contribution >= 4 is 5.97 Å². The summed E-state index contributed by atoms with van der Waals surface area (Å²) >= 11 is 0. The highest BCUT2D eigenvalue weighted by Crippen LogP contribution is 2.19. The third-order valence-electron chi connectivity index (χ3n) is 2.11. The van der Waals surface area contributed by atoms with Crippen LogP contribution in [0.25, 0.3) is 0 Å². The van der Waals surface area contributed by atoms with Crippen LogP contribution in [-0.2, 0) is 16.0 Å². The number of esters is 1. The van der Waals surface area contributed by atoms with Gasteiger partial charge in [0.2, 0.25) is 0 Å². The van der Waals surface area contributed by atoms with E-state index in [1.807, 2.05) is 30.3 Å². The molecule has 0 fully saturated rings. The molecule has 0 aliphatic carbocycles. The summed E-state index contributed by atoms with van der Waals surface area (Å²) in [5.41, 5.74) is 0.959. The summed E-state index contributed by atoms with van der Waals surface area (Å²) in [5.74, 6) is -0.599. The van der Waals surface area contributed by atoms with Crippen molar-refractivity contribution in [2.75, 3.05) is 6.61 Å². The van der Waals surface area contributed by atoms with Gasteiger partial charge in [-0.1, -0.05) is 30.3 Å². The van der Waals surface area contributed by atoms with E-state index in [1.165, 1.54) is 0 Å². The third kappa shape index (κ3) is 6.60. The van der Waals surface area contributed by atoms with Gasteiger partial charge in [-0.15, -0.1) is 0 Å². The maximum atomic E-state index is 11.8. The second-order valence-corrected chi connectivity index (χ2v) is 3.57. The SMILES string of the molecule is O=C(CCc1ccccc1)OCCC(F)(F)F. The lowest BCUT2D eigenvalue weighted by molar-refractivity contribution is -0.158. The van der Waals surface area contributed by atoms with Gasteiger partial charge in [0.1, 0.15) is 0 Å². The molecule has 0 N–H and O–H groups in total. The molecule has 0 heterocycles. The number of carbonyl (C=O) groups is 1. The average molecular weight is 246 g/mol. The smallest absolute Gasteiger partial charge is 0.392 e. The summed E-state index contributed by atoms with van der Waals surface area (Å²) in [7, 11) is 0. The highest BCUT2D eigenvalue weighted by atomic mass is 19.4. The number of hydrogen-bond donors (Lipinski definition) is 0. The monoisotopic (exact) mass is 246 g/mol. The lowest BCUT2D eigenvalue weighted by Crippen LogP contribution is -2.14. The fourth-order valence-corrected chi connectivity index (χ4v) is 1.24. The largest absolute Gasteiger partial charge is 0.465 e. The van der Waals surface area contributed by atoms with Crippen molar-refractivity contribution in [1.29, 1.82) is 0 Å². The summed E-state index contributed by atoms with van der Waals surface area (Å²) in [6.07, 6.45) is -4.79. The molecule has 0 aliphatic heterocycles. The minimum Gasteiger partial charge on any atom is -0.465 e. The van der Waals surface area contributed by atoms with Gasteiger partial charge in [0, 0.05) is 6.42 Å². The summed E-state index contributed by atoms with van der Waals surface area (Å²) in [4.78, 5) is 11.1. The van der Waals surface area contributed by atoms with Crippen molar-refractivity contribution in [2.45, 2.75) is 25.4 Å². The molecule has 2 nitrogen and oxygen atoms in total. The normalized spacial score (nSPS) is 11.2. The number of alkyl halides is 3. The van der Waals surface area contributed by atoms with Crippen LogP contribution in [0.2, 0.25) is 0 Å². The molecule has 0 unspecified atom stereocenters. The van der Waals surface area contributed by atoms with E-state index in [1.54, 1.807) is 0 Å². The van der Waals surface area contributed by atoms with Gasteiger partial charge in [0.25, 0.3) is 0 Å². The lowest BCUT2D eigenvalue weighted by atomic mass is 10.1. The summed E-state index contributed by atoms with van der Waals surface area (Å²) in [6, 6.07) is 9.23. The Kier molecular flexibility index (Phi) is 5.00. The van der Waals surface area contributed by atoms with E-state index in [9.17, 15) is 18.0 Å². The molecule has 1 aromatic rings. The molecule has 0 bridgehead atoms. The molecule has 5 heteroatoms. The van der Waals surface area contributed by atoms with Crippen LogP contribution in [0.4, 0.5) is 13.2 Å². The van der Waals surface area contributed by atoms with E-state index >= 15 is 0 Å². The van der Waals surface area contributed by atoms with Gasteiger partial charge in [-0.2, -0.15) is 13.2 Å². The van der Waals surface area contributed by atoms with Crippen LogP contribution in [0.15, 0.2) is 30.3 Å². The van der Waals surface area contributed by atoms with Crippen molar-refractivity contribution in [2.24, 2.45) is 0 Å². The fraction of sp³-hybridized carbons (Fsp3) is 0.417. The van der Waals surface area contributed by atoms with E-state index in [0.29, 0.717) is 6.42 Å². The van der Waals surface area contributed by atoms with Crippen molar-refractivity contribution in [3.8, 4) is 0 Å². The van der Waals surface area contributed by atoms with E-state index in [2.05, 4.69) is 4.74 Å². The number of ether oxygens (including phenoxy) is 1. The van der Waals surface area contributed by atoms with E-state index in [-0.39, 0.29) is 6.42 Å². The molecule has 0 aromatic heterocycles. The third-order valence-corrected chi connectivity index (χ3v) is 2.11. The van der Waals surface area contributed by atoms with Gasteiger partial charge in [0.15, 0.2) is 0 Å². The fourth-order valence-electron chi connectivity index (χ4n) is 1.24. The predicted octanol–water partition coefficient (Wildman–Crippen LogP) is 3.11. The zero-order valence-electron chi connectivity index (χ0n) is 9.17. The predicted molar refractivity (Wildman–Crippen MR) is 56.4 cm³/mol. The van der Waals surface area contributed by atoms with Crippen LogP contribution in [0.3, 0.4) is 0 Å². The first-order chi connectivity index (χ1) is 7.97. The standard InChI is InChI=1S/C12H13F3O2/c13-12(14,15)8-9-17-11(16)7-6-10-4-2-1-3-5-10/h1-5H,6-9H2. The van der Waals surface area contributed by atoms with E-state index in [4.69, 9.17) is 0 Å². The van der Waals surface area contributed by atoms with E-state index in [0.717, 1.165) is 5.56 Å². The van der Waals surface area contributed by atoms with Crippen LogP contribution < -0.4 is 0 Å². The molecule has 0 radical (unpaired) electrons. The Morgan fingerprint density at radius 2 is 1.82 bits per heavy atom. The highest BCUT2D eigenvalue weighted by molar-refractivity contribution is 5.69. The zero-order valence-corrected chi connectivity index (χ0v) is 9.17. The first-order valence-electron chi connectivity index (χ1n) is 5.24. The van der Waals surface area contributed by atoms with E-state index < -0.39 is 25.2 Å². The molecule has 0 atom stereocenters. The van der Waals surface area contributed by atoms with Gasteiger partial charge in [-0.05, 0) is 12.0 Å². The number of aryl methyl sites for hydroxylation is 1. The second-order valence-electron chi connectivity index (χ2n) is 3.57. The summed E-state index contributed by atoms with van der Waals surface area (Å²) in [6.45, 7) is -0.600. The number of hydrogen-bond acceptors (Lipinski definition) is 2. The van der Waals surface area contributed by atoms with Crippen LogP contribution in [0.5, 0.6) is 0 Å². The maximum Gasteiger partial charge on any atom is 0.392 e. The minimum atomic E-state index is -4.28. The summed E-state index contributed by atoms with van der Waals surface area (Å²) in [5, 5.41) is 0. The molecule has 0 aliphatic rings. The Balaban J connectivity index is 2.18. The molecule has 17 heavy (non-hydrogen) atoms. The molecule has 0 saturated carbocycles. The van der Waals surface area contributed by atoms with Crippen LogP contribution >= 0.6 is 0 Å². The first-order valence-corrected chi connectivity index (χ1v) is 5.24. The van der Waals surface area contributed by atoms with Crippen molar-refractivity contribution in [3.05, 3.63) is 35.9 Å². The van der Waals surface area contributed by atoms with Gasteiger partial charge in [0.05, 0.1) is 13.0 Å². The van der Waals surface area contributed by atoms with Crippen LogP contribution in [-0.4, -0.2) is 18.8 Å². The number of carbonyl (C=O) groups excluding carboxylic acids is 1. The van der Waals surface area contributed by atoms with Crippen molar-refractivity contribution in [3.63, 3.8) is 0 Å². The van der Waals surface area contributed by atoms with Gasteiger partial charge >= 0.3 is 12.1 Å². The lowest BCUT2D eigenvalue weighted by Gasteiger charge is -2.07. The number of halogens is 3. The highest BCUT2D eigenvalue weighted by Gasteiger charge is 2.27.